The summed E-state index contributed by atoms with van der Waals surface area (Å²) in [6.45, 7) is 0. The van der Waals surface area contributed by atoms with Gasteiger partial charge in [0.15, 0.2) is 0 Å². The van der Waals surface area contributed by atoms with Gasteiger partial charge in [-0.25, -0.2) is 4.79 Å². The van der Waals surface area contributed by atoms with Crippen LogP contribution in [0.1, 0.15) is 0 Å². The van der Waals surface area contributed by atoms with Crippen LogP contribution >= 0.6 is 0 Å². The van der Waals surface area contributed by atoms with Gasteiger partial charge in [-0.15, -0.1) is 0 Å². The Morgan fingerprint density at radius 3 is 0.534 bits per heavy atom. The third kappa shape index (κ3) is 11.4. The van der Waals surface area contributed by atoms with E-state index in [4.69, 9.17) is 29.9 Å². The lowest BCUT2D eigenvalue weighted by Gasteiger charge is -2.08. The fourth-order valence-corrected chi connectivity index (χ4v) is 5.57. The van der Waals surface area contributed by atoms with E-state index in [1.54, 1.807) is 121 Å². The van der Waals surface area contributed by atoms with Crippen molar-refractivity contribution < 1.29 is 44.9 Å². The first-order valence-corrected chi connectivity index (χ1v) is 17.9. The Morgan fingerprint density at radius 2 is 0.379 bits per heavy atom. The van der Waals surface area contributed by atoms with Crippen LogP contribution in [-0.2, 0) is 0 Å². The fourth-order valence-electron chi connectivity index (χ4n) is 5.57. The van der Waals surface area contributed by atoms with Gasteiger partial charge in [-0.05, 0) is 142 Å². The van der Waals surface area contributed by atoms with Crippen molar-refractivity contribution in [2.75, 3.05) is 0 Å². The number of carbonyl (C=O) groups excluding carboxylic acids is 1. The molecule has 8 rings (SSSR count). The predicted octanol–water partition coefficient (Wildman–Crippen LogP) is 11.5. The molecule has 0 aliphatic carbocycles. The number of aromatic hydroxyl groups is 6. The van der Waals surface area contributed by atoms with Crippen molar-refractivity contribution in [1.29, 1.82) is 0 Å². The van der Waals surface area contributed by atoms with Crippen molar-refractivity contribution in [3.8, 4) is 90.5 Å². The van der Waals surface area contributed by atoms with E-state index in [9.17, 15) is 15.0 Å². The van der Waals surface area contributed by atoms with Crippen molar-refractivity contribution in [1.82, 2.24) is 0 Å². The Balaban J connectivity index is 0.000000167. The minimum absolute atomic E-state index is 0.206. The molecule has 9 nitrogen and oxygen atoms in total. The van der Waals surface area contributed by atoms with Crippen molar-refractivity contribution in [3.63, 3.8) is 0 Å². The van der Waals surface area contributed by atoms with E-state index in [0.29, 0.717) is 11.5 Å². The molecular weight excluding hydrogens is 733 g/mol. The average Bonchev–Trinajstić information content (AvgIpc) is 3.24. The minimum Gasteiger partial charge on any atom is -0.508 e. The van der Waals surface area contributed by atoms with Crippen LogP contribution in [-0.4, -0.2) is 36.8 Å². The number of carbonyl (C=O) groups is 1. The summed E-state index contributed by atoms with van der Waals surface area (Å²) in [7, 11) is 0. The average molecular weight is 771 g/mol. The zero-order valence-corrected chi connectivity index (χ0v) is 30.9. The minimum atomic E-state index is -0.829. The van der Waals surface area contributed by atoms with Gasteiger partial charge in [-0.3, -0.25) is 0 Å². The first-order chi connectivity index (χ1) is 28.1. The zero-order valence-electron chi connectivity index (χ0n) is 30.9. The molecule has 0 radical (unpaired) electrons. The van der Waals surface area contributed by atoms with Crippen LogP contribution in [0.2, 0.25) is 0 Å². The van der Waals surface area contributed by atoms with Crippen LogP contribution < -0.4 is 9.47 Å². The van der Waals surface area contributed by atoms with E-state index in [1.165, 1.54) is 0 Å². The van der Waals surface area contributed by atoms with Crippen LogP contribution in [0, 0.1) is 0 Å². The van der Waals surface area contributed by atoms with Crippen molar-refractivity contribution in [3.05, 3.63) is 194 Å². The third-order valence-electron chi connectivity index (χ3n) is 8.65. The molecule has 0 heterocycles. The maximum absolute atomic E-state index is 12.1. The van der Waals surface area contributed by atoms with Gasteiger partial charge in [0.25, 0.3) is 0 Å². The van der Waals surface area contributed by atoms with Gasteiger partial charge in [0.1, 0.15) is 46.0 Å². The topological polar surface area (TPSA) is 157 Å². The third-order valence-corrected chi connectivity index (χ3v) is 8.65. The van der Waals surface area contributed by atoms with Crippen molar-refractivity contribution in [2.45, 2.75) is 0 Å². The van der Waals surface area contributed by atoms with Crippen LogP contribution in [0.4, 0.5) is 4.79 Å². The highest BCUT2D eigenvalue weighted by Crippen LogP contribution is 2.28. The lowest BCUT2D eigenvalue weighted by atomic mass is 10.1. The number of hydrogen-bond donors (Lipinski definition) is 6. The second-order valence-corrected chi connectivity index (χ2v) is 12.8. The van der Waals surface area contributed by atoms with E-state index in [2.05, 4.69) is 0 Å². The molecule has 6 N–H and O–H groups in total. The first kappa shape index (κ1) is 39.5. The summed E-state index contributed by atoms with van der Waals surface area (Å²) in [5, 5.41) is 55.2. The van der Waals surface area contributed by atoms with Crippen LogP contribution in [0.5, 0.6) is 46.0 Å². The predicted molar refractivity (Wildman–Crippen MR) is 224 cm³/mol. The quantitative estimate of drug-likeness (QED) is 0.0715. The molecule has 0 bridgehead atoms. The van der Waals surface area contributed by atoms with Gasteiger partial charge >= 0.3 is 6.16 Å². The summed E-state index contributed by atoms with van der Waals surface area (Å²) in [4.78, 5) is 12.1. The van der Waals surface area contributed by atoms with Crippen molar-refractivity contribution >= 4 is 6.16 Å². The van der Waals surface area contributed by atoms with Crippen LogP contribution in [0.25, 0.3) is 44.5 Å². The molecule has 9 heteroatoms. The standard InChI is InChI=1S/C25H18O5.2C12H10O2/c26-21-9-1-17(2-10-21)19-5-13-23(14-6-19)29-25(28)30-24-15-7-20(8-16-24)18-3-11-22(27)12-4-18;2*13-11-5-1-9(2-6-11)10-3-7-12(14)8-4-10/h1-16,26-27H;2*1-8,13-14H. The number of rotatable bonds is 6. The second-order valence-electron chi connectivity index (χ2n) is 12.8. The van der Waals surface area contributed by atoms with E-state index >= 15 is 0 Å². The molecule has 0 fully saturated rings. The molecule has 8 aromatic carbocycles. The monoisotopic (exact) mass is 770 g/mol. The molecule has 58 heavy (non-hydrogen) atoms. The molecule has 0 aromatic heterocycles. The molecule has 0 aliphatic heterocycles. The Kier molecular flexibility index (Phi) is 12.9. The molecule has 0 atom stereocenters. The first-order valence-electron chi connectivity index (χ1n) is 17.9. The zero-order chi connectivity index (χ0) is 40.9. The summed E-state index contributed by atoms with van der Waals surface area (Å²) < 4.78 is 10.5. The second kappa shape index (κ2) is 18.9. The Bertz CT molecular complexity index is 2230. The Labute approximate surface area is 334 Å². The highest BCUT2D eigenvalue weighted by molar-refractivity contribution is 5.71. The molecule has 0 saturated heterocycles. The summed E-state index contributed by atoms with van der Waals surface area (Å²) in [5.74, 6) is 2.17. The van der Waals surface area contributed by atoms with Gasteiger partial charge in [-0.1, -0.05) is 97.1 Å². The molecule has 0 spiro atoms. The highest BCUT2D eigenvalue weighted by atomic mass is 16.7. The summed E-state index contributed by atoms with van der Waals surface area (Å²) in [6.07, 6.45) is -0.829. The number of benzene rings is 8. The fraction of sp³-hybridized carbons (Fsp3) is 0. The largest absolute Gasteiger partial charge is 0.519 e. The maximum Gasteiger partial charge on any atom is 0.519 e. The lowest BCUT2D eigenvalue weighted by Crippen LogP contribution is -2.13. The highest BCUT2D eigenvalue weighted by Gasteiger charge is 2.09. The van der Waals surface area contributed by atoms with E-state index in [0.717, 1.165) is 44.5 Å². The lowest BCUT2D eigenvalue weighted by molar-refractivity contribution is 0.152. The normalized spacial score (nSPS) is 10.2. The number of phenolic OH excluding ortho intramolecular Hbond substituents is 6. The summed E-state index contributed by atoms with van der Waals surface area (Å²) >= 11 is 0. The van der Waals surface area contributed by atoms with Crippen molar-refractivity contribution in [2.24, 2.45) is 0 Å². The van der Waals surface area contributed by atoms with E-state index < -0.39 is 6.16 Å². The summed E-state index contributed by atoms with van der Waals surface area (Å²) in [6, 6.07) is 55.5. The van der Waals surface area contributed by atoms with Gasteiger partial charge in [0.2, 0.25) is 0 Å². The van der Waals surface area contributed by atoms with E-state index in [-0.39, 0.29) is 34.5 Å². The Hall–Kier alpha value is -8.17. The smallest absolute Gasteiger partial charge is 0.508 e. The maximum atomic E-state index is 12.1. The Morgan fingerprint density at radius 1 is 0.241 bits per heavy atom. The van der Waals surface area contributed by atoms with Gasteiger partial charge in [-0.2, -0.15) is 0 Å². The van der Waals surface area contributed by atoms with Crippen LogP contribution in [0.3, 0.4) is 0 Å². The number of hydrogen-bond acceptors (Lipinski definition) is 9. The molecule has 8 aromatic rings. The van der Waals surface area contributed by atoms with Gasteiger partial charge < -0.3 is 40.1 Å². The summed E-state index contributed by atoms with van der Waals surface area (Å²) in [5.41, 5.74) is 7.81. The number of phenols is 6. The molecule has 0 aliphatic rings. The molecule has 0 saturated carbocycles. The van der Waals surface area contributed by atoms with Crippen LogP contribution in [0.15, 0.2) is 194 Å². The molecule has 0 unspecified atom stereocenters. The number of ether oxygens (including phenoxy) is 2. The van der Waals surface area contributed by atoms with E-state index in [1.807, 2.05) is 72.8 Å². The van der Waals surface area contributed by atoms with Gasteiger partial charge in [0, 0.05) is 0 Å². The molecular formula is C49H38O9. The SMILES string of the molecule is O=C(Oc1ccc(-c2ccc(O)cc2)cc1)Oc1ccc(-c2ccc(O)cc2)cc1.Oc1ccc(-c2ccc(O)cc2)cc1.Oc1ccc(-c2ccc(O)cc2)cc1. The van der Waals surface area contributed by atoms with Gasteiger partial charge in [0.05, 0.1) is 0 Å². The molecule has 0 amide bonds. The molecule has 288 valence electrons.